The van der Waals surface area contributed by atoms with Crippen LogP contribution in [0.1, 0.15) is 48.3 Å². The van der Waals surface area contributed by atoms with Crippen molar-refractivity contribution in [1.29, 1.82) is 0 Å². The van der Waals surface area contributed by atoms with E-state index in [9.17, 15) is 14.4 Å². The van der Waals surface area contributed by atoms with Crippen LogP contribution in [0.3, 0.4) is 0 Å². The van der Waals surface area contributed by atoms with Crippen molar-refractivity contribution in [2.45, 2.75) is 52.2 Å². The van der Waals surface area contributed by atoms with Gasteiger partial charge >= 0.3 is 5.97 Å². The number of esters is 1. The van der Waals surface area contributed by atoms with Crippen LogP contribution in [-0.4, -0.2) is 46.9 Å². The highest BCUT2D eigenvalue weighted by Gasteiger charge is 2.25. The lowest BCUT2D eigenvalue weighted by atomic mass is 9.94. The Hall–Kier alpha value is -2.95. The van der Waals surface area contributed by atoms with E-state index in [-0.39, 0.29) is 17.9 Å². The molecule has 38 heavy (non-hydrogen) atoms. The molecule has 2 amide bonds. The molecule has 0 radical (unpaired) electrons. The molecule has 0 fully saturated rings. The fraction of sp³-hybridized carbons (Fsp3) is 0.357. The third kappa shape index (κ3) is 8.54. The fourth-order valence-corrected chi connectivity index (χ4v) is 5.22. The normalized spacial score (nSPS) is 11.7. The highest BCUT2D eigenvalue weighted by Crippen LogP contribution is 2.30. The van der Waals surface area contributed by atoms with E-state index in [1.54, 1.807) is 43.8 Å². The van der Waals surface area contributed by atoms with Gasteiger partial charge in [0, 0.05) is 28.7 Å². The van der Waals surface area contributed by atoms with E-state index in [2.05, 4.69) is 15.6 Å². The highest BCUT2D eigenvalue weighted by molar-refractivity contribution is 7.98. The van der Waals surface area contributed by atoms with Gasteiger partial charge < -0.3 is 20.4 Å². The zero-order chi connectivity index (χ0) is 27.7. The summed E-state index contributed by atoms with van der Waals surface area (Å²) in [5.41, 5.74) is 4.44. The SMILES string of the molecule is CSCC[C@H](NC(=O)c1ccc(NC(=O)CCc2csc(=S)[nH]2)cc1-c1ccccc1C)C(=O)OC(C)C. The standard InChI is InChI=1S/C28H33N3O4S3/c1-17(2)35-27(34)24(13-14-37-4)31-26(33)22-11-9-19(15-23(22)21-8-6-5-7-18(21)3)29-25(32)12-10-20-16-38-28(36)30-20/h5-9,11,15-17,24H,10,12-14H2,1-4H3,(H,29,32)(H,30,36)(H,31,33)/t24-/m0/s1. The van der Waals surface area contributed by atoms with Gasteiger partial charge in [-0.25, -0.2) is 4.79 Å². The van der Waals surface area contributed by atoms with Crippen molar-refractivity contribution in [1.82, 2.24) is 10.3 Å². The van der Waals surface area contributed by atoms with Crippen molar-refractivity contribution in [3.8, 4) is 11.1 Å². The van der Waals surface area contributed by atoms with Crippen molar-refractivity contribution in [2.24, 2.45) is 0 Å². The maximum Gasteiger partial charge on any atom is 0.328 e. The first-order chi connectivity index (χ1) is 18.2. The first kappa shape index (κ1) is 29.6. The van der Waals surface area contributed by atoms with E-state index in [1.807, 2.05) is 42.8 Å². The molecule has 2 aromatic carbocycles. The molecule has 0 aliphatic rings. The fourth-order valence-electron chi connectivity index (χ4n) is 3.86. The van der Waals surface area contributed by atoms with Gasteiger partial charge in [-0.05, 0) is 92.7 Å². The highest BCUT2D eigenvalue weighted by atomic mass is 32.2. The number of carbonyl (C=O) groups is 3. The van der Waals surface area contributed by atoms with Crippen molar-refractivity contribution in [2.75, 3.05) is 17.3 Å². The molecule has 7 nitrogen and oxygen atoms in total. The summed E-state index contributed by atoms with van der Waals surface area (Å²) in [6, 6.07) is 12.2. The number of thiazole rings is 1. The van der Waals surface area contributed by atoms with Gasteiger partial charge in [-0.1, -0.05) is 24.3 Å². The summed E-state index contributed by atoms with van der Waals surface area (Å²) in [7, 11) is 0. The molecule has 3 N–H and O–H groups in total. The number of rotatable bonds is 12. The van der Waals surface area contributed by atoms with E-state index < -0.39 is 12.0 Å². The summed E-state index contributed by atoms with van der Waals surface area (Å²) in [6.07, 6.45) is 2.97. The molecule has 1 aromatic heterocycles. The number of amides is 2. The van der Waals surface area contributed by atoms with Crippen LogP contribution in [0.2, 0.25) is 0 Å². The average molecular weight is 572 g/mol. The van der Waals surface area contributed by atoms with Crippen LogP contribution in [0.25, 0.3) is 11.1 Å². The Bertz CT molecular complexity index is 1330. The molecule has 0 unspecified atom stereocenters. The van der Waals surface area contributed by atoms with E-state index in [1.165, 1.54) is 11.3 Å². The van der Waals surface area contributed by atoms with Gasteiger partial charge in [0.25, 0.3) is 5.91 Å². The average Bonchev–Trinajstić information content (AvgIpc) is 3.30. The second-order valence-corrected chi connectivity index (χ2v) is 11.6. The van der Waals surface area contributed by atoms with Crippen molar-refractivity contribution >= 4 is 58.8 Å². The topological polar surface area (TPSA) is 100 Å². The summed E-state index contributed by atoms with van der Waals surface area (Å²) >= 11 is 8.14. The number of aryl methyl sites for hydroxylation is 2. The van der Waals surface area contributed by atoms with Crippen molar-refractivity contribution in [3.63, 3.8) is 0 Å². The third-order valence-corrected chi connectivity index (χ3v) is 7.48. The minimum Gasteiger partial charge on any atom is -0.461 e. The zero-order valence-electron chi connectivity index (χ0n) is 22.0. The van der Waals surface area contributed by atoms with Crippen LogP contribution in [0.15, 0.2) is 47.8 Å². The molecule has 0 aliphatic carbocycles. The Morgan fingerprint density at radius 1 is 1.13 bits per heavy atom. The maximum absolute atomic E-state index is 13.5. The number of hydrogen-bond acceptors (Lipinski definition) is 7. The molecule has 0 bridgehead atoms. The Labute approximate surface area is 236 Å². The van der Waals surface area contributed by atoms with E-state index in [0.29, 0.717) is 45.8 Å². The lowest BCUT2D eigenvalue weighted by Crippen LogP contribution is -2.43. The molecule has 10 heteroatoms. The van der Waals surface area contributed by atoms with Gasteiger partial charge in [0.1, 0.15) is 6.04 Å². The number of carbonyl (C=O) groups excluding carboxylic acids is 3. The molecule has 202 valence electrons. The number of benzene rings is 2. The molecular formula is C28H33N3O4S3. The minimum atomic E-state index is -0.758. The largest absolute Gasteiger partial charge is 0.461 e. The number of anilines is 1. The van der Waals surface area contributed by atoms with Gasteiger partial charge in [0.05, 0.1) is 6.10 Å². The molecule has 0 saturated heterocycles. The van der Waals surface area contributed by atoms with Crippen LogP contribution < -0.4 is 10.6 Å². The summed E-state index contributed by atoms with van der Waals surface area (Å²) in [6.45, 7) is 5.53. The molecule has 0 spiro atoms. The first-order valence-corrected chi connectivity index (χ1v) is 15.0. The Balaban J connectivity index is 1.86. The van der Waals surface area contributed by atoms with Crippen LogP contribution in [-0.2, 0) is 20.7 Å². The third-order valence-electron chi connectivity index (χ3n) is 5.73. The van der Waals surface area contributed by atoms with E-state index >= 15 is 0 Å². The number of thioether (sulfide) groups is 1. The monoisotopic (exact) mass is 571 g/mol. The van der Waals surface area contributed by atoms with Crippen molar-refractivity contribution < 1.29 is 19.1 Å². The molecule has 0 saturated carbocycles. The van der Waals surface area contributed by atoms with Gasteiger partial charge in [-0.15, -0.1) is 11.3 Å². The second-order valence-electron chi connectivity index (χ2n) is 9.09. The van der Waals surface area contributed by atoms with Crippen LogP contribution >= 0.6 is 35.3 Å². The number of aromatic nitrogens is 1. The summed E-state index contributed by atoms with van der Waals surface area (Å²) in [4.78, 5) is 41.9. The number of nitrogens with one attached hydrogen (secondary N) is 3. The molecule has 1 atom stereocenters. The first-order valence-electron chi connectivity index (χ1n) is 12.3. The minimum absolute atomic E-state index is 0.142. The number of H-pyrrole nitrogens is 1. The van der Waals surface area contributed by atoms with Gasteiger partial charge in [0.15, 0.2) is 3.95 Å². The predicted octanol–water partition coefficient (Wildman–Crippen LogP) is 6.16. The number of hydrogen-bond donors (Lipinski definition) is 3. The number of aromatic amines is 1. The molecule has 3 aromatic rings. The summed E-state index contributed by atoms with van der Waals surface area (Å²) < 4.78 is 6.07. The smallest absolute Gasteiger partial charge is 0.328 e. The van der Waals surface area contributed by atoms with Crippen LogP contribution in [0, 0.1) is 10.9 Å². The van der Waals surface area contributed by atoms with Gasteiger partial charge in [-0.2, -0.15) is 11.8 Å². The Morgan fingerprint density at radius 2 is 1.89 bits per heavy atom. The zero-order valence-corrected chi connectivity index (χ0v) is 24.4. The second kappa shape index (κ2) is 14.3. The maximum atomic E-state index is 13.5. The molecular weight excluding hydrogens is 539 g/mol. The van der Waals surface area contributed by atoms with E-state index in [4.69, 9.17) is 17.0 Å². The van der Waals surface area contributed by atoms with E-state index in [0.717, 1.165) is 16.8 Å². The van der Waals surface area contributed by atoms with Crippen molar-refractivity contribution in [3.05, 3.63) is 68.6 Å². The molecule has 1 heterocycles. The molecule has 3 rings (SSSR count). The number of ether oxygens (including phenoxy) is 1. The van der Waals surface area contributed by atoms with Crippen LogP contribution in [0.4, 0.5) is 5.69 Å². The quantitative estimate of drug-likeness (QED) is 0.178. The van der Waals surface area contributed by atoms with Crippen LogP contribution in [0.5, 0.6) is 0 Å². The lowest BCUT2D eigenvalue weighted by Gasteiger charge is -2.20. The van der Waals surface area contributed by atoms with Gasteiger partial charge in [0.2, 0.25) is 5.91 Å². The summed E-state index contributed by atoms with van der Waals surface area (Å²) in [5.74, 6) is -0.266. The van der Waals surface area contributed by atoms with Gasteiger partial charge in [-0.3, -0.25) is 9.59 Å². The molecule has 0 aliphatic heterocycles. The lowest BCUT2D eigenvalue weighted by molar-refractivity contribution is -0.149. The Morgan fingerprint density at radius 3 is 2.55 bits per heavy atom. The Kier molecular flexibility index (Phi) is 11.1. The predicted molar refractivity (Wildman–Crippen MR) is 159 cm³/mol. The summed E-state index contributed by atoms with van der Waals surface area (Å²) in [5, 5.41) is 7.74.